The molecule has 0 aliphatic carbocycles. The second-order valence-corrected chi connectivity index (χ2v) is 14.3. The number of halogens is 2. The Morgan fingerprint density at radius 1 is 0.619 bits per heavy atom. The Morgan fingerprint density at radius 3 is 1.52 bits per heavy atom. The fourth-order valence-corrected chi connectivity index (χ4v) is 6.47. The second kappa shape index (κ2) is 22.6. The summed E-state index contributed by atoms with van der Waals surface area (Å²) in [6, 6.07) is 35.6. The van der Waals surface area contributed by atoms with Crippen LogP contribution in [0.4, 0.5) is 0 Å². The zero-order valence-electron chi connectivity index (χ0n) is 35.0. The summed E-state index contributed by atoms with van der Waals surface area (Å²) in [6.07, 6.45) is 2.95. The van der Waals surface area contributed by atoms with E-state index in [4.69, 9.17) is 42.4 Å². The van der Waals surface area contributed by atoms with E-state index in [1.807, 2.05) is 54.6 Å². The van der Waals surface area contributed by atoms with Crippen molar-refractivity contribution in [3.05, 3.63) is 188 Å². The summed E-state index contributed by atoms with van der Waals surface area (Å²) in [5.41, 5.74) is 3.64. The second-order valence-electron chi connectivity index (χ2n) is 13.5. The molecule has 2 heterocycles. The number of hydrogen-bond acceptors (Lipinski definition) is 12. The molecule has 0 saturated heterocycles. The van der Waals surface area contributed by atoms with E-state index >= 15 is 0 Å². The number of amides is 2. The lowest BCUT2D eigenvalue weighted by atomic mass is 9.89. The number of benzene rings is 4. The van der Waals surface area contributed by atoms with Crippen LogP contribution in [0.25, 0.3) is 0 Å². The molecule has 0 bridgehead atoms. The lowest BCUT2D eigenvalue weighted by Gasteiger charge is -2.24. The molecule has 6 rings (SSSR count). The lowest BCUT2D eigenvalue weighted by molar-refractivity contribution is -0.115. The molecule has 63 heavy (non-hydrogen) atoms. The highest BCUT2D eigenvalue weighted by Crippen LogP contribution is 2.33. The van der Waals surface area contributed by atoms with Gasteiger partial charge in [0.25, 0.3) is 11.8 Å². The molecule has 0 saturated carbocycles. The van der Waals surface area contributed by atoms with Crippen LogP contribution in [0.2, 0.25) is 10.0 Å². The Morgan fingerprint density at radius 2 is 1.06 bits per heavy atom. The summed E-state index contributed by atoms with van der Waals surface area (Å²) in [4.78, 5) is 55.1. The first-order valence-electron chi connectivity index (χ1n) is 19.2. The van der Waals surface area contributed by atoms with E-state index in [2.05, 4.69) is 30.9 Å². The molecule has 16 heteroatoms. The van der Waals surface area contributed by atoms with Gasteiger partial charge in [0.2, 0.25) is 11.8 Å². The monoisotopic (exact) mass is 890 g/mol. The van der Waals surface area contributed by atoms with Gasteiger partial charge in [-0.1, -0.05) is 143 Å². The van der Waals surface area contributed by atoms with Gasteiger partial charge in [-0.25, -0.2) is 9.97 Å². The van der Waals surface area contributed by atoms with Crippen molar-refractivity contribution in [3.8, 4) is 11.8 Å². The highest BCUT2D eigenvalue weighted by Gasteiger charge is 2.27. The van der Waals surface area contributed by atoms with E-state index in [0.29, 0.717) is 38.9 Å². The summed E-state index contributed by atoms with van der Waals surface area (Å²) in [6.45, 7) is 1.85. The molecule has 4 aromatic carbocycles. The Kier molecular flexibility index (Phi) is 16.9. The van der Waals surface area contributed by atoms with Gasteiger partial charge in [0.15, 0.2) is 17.2 Å². The van der Waals surface area contributed by atoms with Gasteiger partial charge in [0, 0.05) is 54.3 Å². The molecule has 1 unspecified atom stereocenters. The number of aliphatic hydroxyl groups is 1. The van der Waals surface area contributed by atoms with Crippen molar-refractivity contribution in [2.45, 2.75) is 25.7 Å². The molecular weight excluding hydrogens is 847 g/mol. The average molecular weight is 892 g/mol. The topological polar surface area (TPSA) is 183 Å². The summed E-state index contributed by atoms with van der Waals surface area (Å²) < 4.78 is 11.6. The van der Waals surface area contributed by atoms with Crippen molar-refractivity contribution < 1.29 is 38.6 Å². The average Bonchev–Trinajstić information content (AvgIpc) is 3.32. The number of carbonyl (C=O) groups excluding carboxylic acids is 3. The summed E-state index contributed by atoms with van der Waals surface area (Å²) in [5.74, 6) is -0.583. The number of nitrogens with one attached hydrogen (secondary N) is 2. The minimum absolute atomic E-state index is 0.0780. The highest BCUT2D eigenvalue weighted by molar-refractivity contribution is 6.46. The maximum Gasteiger partial charge on any atom is 0.273 e. The van der Waals surface area contributed by atoms with Crippen molar-refractivity contribution >= 4 is 52.2 Å². The zero-order valence-corrected chi connectivity index (χ0v) is 36.5. The molecule has 1 atom stereocenters. The van der Waals surface area contributed by atoms with Crippen LogP contribution < -0.4 is 20.1 Å². The minimum Gasteiger partial charge on any atom is -0.472 e. The van der Waals surface area contributed by atoms with E-state index in [0.717, 1.165) is 5.56 Å². The van der Waals surface area contributed by atoms with Crippen molar-refractivity contribution in [3.63, 3.8) is 0 Å². The van der Waals surface area contributed by atoms with E-state index in [1.165, 1.54) is 46.8 Å². The van der Waals surface area contributed by atoms with E-state index in [1.54, 1.807) is 67.6 Å². The van der Waals surface area contributed by atoms with Crippen LogP contribution in [0, 0.1) is 0 Å². The van der Waals surface area contributed by atoms with Gasteiger partial charge in [-0.3, -0.25) is 14.4 Å². The third-order valence-electron chi connectivity index (χ3n) is 9.33. The number of rotatable bonds is 16. The molecule has 324 valence electrons. The number of hydrogen-bond donors (Lipinski definition) is 3. The Balaban J connectivity index is 0.000000238. The van der Waals surface area contributed by atoms with Crippen LogP contribution in [0.3, 0.4) is 0 Å². The third kappa shape index (κ3) is 12.0. The van der Waals surface area contributed by atoms with Crippen LogP contribution in [0.1, 0.15) is 56.2 Å². The molecule has 0 aliphatic heterocycles. The number of likely N-dealkylation sites (N-methyl/N-ethyl adjacent to an activating group) is 2. The molecular formula is C47H44Cl2N6O8. The van der Waals surface area contributed by atoms with Gasteiger partial charge in [0.1, 0.15) is 43.1 Å². The molecule has 0 fully saturated rings. The van der Waals surface area contributed by atoms with Gasteiger partial charge >= 0.3 is 0 Å². The van der Waals surface area contributed by atoms with E-state index in [-0.39, 0.29) is 58.1 Å². The highest BCUT2D eigenvalue weighted by atomic mass is 35.5. The fourth-order valence-electron chi connectivity index (χ4n) is 6.03. The number of ether oxygens (including phenoxy) is 2. The van der Waals surface area contributed by atoms with Gasteiger partial charge in [-0.2, -0.15) is 0 Å². The number of aromatic nitrogens is 2. The minimum atomic E-state index is -1.26. The quantitative estimate of drug-likeness (QED) is 0.0506. The van der Waals surface area contributed by atoms with Gasteiger partial charge in [0.05, 0.1) is 0 Å². The predicted octanol–water partition coefficient (Wildman–Crippen LogP) is 7.31. The maximum absolute atomic E-state index is 12.6. The molecule has 14 nitrogen and oxygen atoms in total. The van der Waals surface area contributed by atoms with E-state index in [9.17, 15) is 19.5 Å². The molecule has 2 aromatic heterocycles. The van der Waals surface area contributed by atoms with Crippen molar-refractivity contribution in [2.75, 3.05) is 28.3 Å². The first-order valence-corrected chi connectivity index (χ1v) is 20.0. The lowest BCUT2D eigenvalue weighted by Crippen LogP contribution is -2.29. The zero-order chi connectivity index (χ0) is 45.4. The van der Waals surface area contributed by atoms with Crippen LogP contribution in [-0.4, -0.2) is 72.4 Å². The van der Waals surface area contributed by atoms with Crippen LogP contribution in [-0.2, 0) is 38.1 Å². The SMILES string of the molecule is CNC(=O)/C(=N/OC)c1ccccc1COc1ncc(C(=O)c2ccccc2)cc1Cl.CNC(=O)/C(=N/OC)c1ccccc1COc1ncc(C(C)(O)c2ccccc2)cc1Cl. The number of nitrogens with zero attached hydrogens (tertiary/aromatic N) is 4. The number of ketones is 1. The molecule has 0 radical (unpaired) electrons. The third-order valence-corrected chi connectivity index (χ3v) is 9.88. The van der Waals surface area contributed by atoms with E-state index < -0.39 is 11.5 Å². The van der Waals surface area contributed by atoms with Gasteiger partial charge < -0.3 is 34.9 Å². The first kappa shape index (κ1) is 46.9. The standard InChI is InChI=1S/C24H24ClN3O4.C23H20ClN3O4/c1-24(30,17-10-5-4-6-11-17)18-13-20(25)23(27-14-18)32-15-16-9-7-8-12-19(16)21(28-31-3)22(29)26-2;1-25-22(29)20(27-30-2)18-11-7-6-10-16(18)14-31-23-19(24)12-17(13-26-23)21(28)15-8-4-3-5-9-15/h4-14,30H,15H2,1-3H3,(H,26,29);3-13H,14H2,1-2H3,(H,25,29)/b28-21+;27-20+. The Labute approximate surface area is 374 Å². The number of pyridine rings is 2. The largest absolute Gasteiger partial charge is 0.472 e. The van der Waals surface area contributed by atoms with Crippen molar-refractivity contribution in [1.82, 2.24) is 20.6 Å². The van der Waals surface area contributed by atoms with Crippen molar-refractivity contribution in [2.24, 2.45) is 10.3 Å². The Bertz CT molecular complexity index is 2590. The normalized spacial score (nSPS) is 12.1. The Hall–Kier alpha value is -7.13. The van der Waals surface area contributed by atoms with Crippen LogP contribution in [0.15, 0.2) is 144 Å². The smallest absolute Gasteiger partial charge is 0.273 e. The predicted molar refractivity (Wildman–Crippen MR) is 240 cm³/mol. The molecule has 2 amide bonds. The molecule has 0 aliphatic rings. The number of carbonyl (C=O) groups is 3. The first-order chi connectivity index (χ1) is 30.4. The van der Waals surface area contributed by atoms with Crippen molar-refractivity contribution in [1.29, 1.82) is 0 Å². The fraction of sp³-hybridized carbons (Fsp3) is 0.170. The van der Waals surface area contributed by atoms with Gasteiger partial charge in [-0.15, -0.1) is 0 Å². The number of oxime groups is 2. The summed E-state index contributed by atoms with van der Waals surface area (Å²) in [7, 11) is 5.76. The van der Waals surface area contributed by atoms with Crippen LogP contribution >= 0.6 is 23.2 Å². The summed E-state index contributed by atoms with van der Waals surface area (Å²) in [5, 5.41) is 24.2. The summed E-state index contributed by atoms with van der Waals surface area (Å²) >= 11 is 12.7. The maximum atomic E-state index is 12.6. The molecule has 3 N–H and O–H groups in total. The van der Waals surface area contributed by atoms with Gasteiger partial charge in [-0.05, 0) is 35.7 Å². The molecule has 6 aromatic rings. The van der Waals surface area contributed by atoms with Crippen LogP contribution in [0.5, 0.6) is 11.8 Å². The molecule has 0 spiro atoms.